The van der Waals surface area contributed by atoms with Crippen LogP contribution in [0.25, 0.3) is 0 Å². The van der Waals surface area contributed by atoms with Gasteiger partial charge in [0.05, 0.1) is 35.7 Å². The Bertz CT molecular complexity index is 1510. The summed E-state index contributed by atoms with van der Waals surface area (Å²) >= 11 is 0. The molecule has 3 fully saturated rings. The maximum Gasteiger partial charge on any atom is 0.338 e. The van der Waals surface area contributed by atoms with Crippen molar-refractivity contribution in [2.45, 2.75) is 135 Å². The van der Waals surface area contributed by atoms with Crippen molar-refractivity contribution >= 4 is 32.0 Å². The lowest BCUT2D eigenvalue weighted by Gasteiger charge is -2.67. The number of aliphatic hydroxyl groups excluding tert-OH is 1. The van der Waals surface area contributed by atoms with E-state index >= 15 is 4.79 Å². The smallest absolute Gasteiger partial charge is 0.338 e. The molecule has 2 N–H and O–H groups in total. The summed E-state index contributed by atoms with van der Waals surface area (Å²) in [5, 5.41) is 25.5. The van der Waals surface area contributed by atoms with Crippen molar-refractivity contribution in [3.8, 4) is 0 Å². The number of carbonyl (C=O) groups excluding carboxylic acids is 4. The van der Waals surface area contributed by atoms with Gasteiger partial charge in [-0.05, 0) is 55.3 Å². The number of ketones is 1. The molecule has 1 aromatic carbocycles. The third-order valence-corrected chi connectivity index (χ3v) is 17.2. The molecule has 5 rings (SSSR count). The molecule has 3 aliphatic carbocycles. The Kier molecular flexibility index (Phi) is 9.92. The normalized spacial score (nSPS) is 36.7. The maximum atomic E-state index is 15.3. The molecular formula is C37H52O11Si. The van der Waals surface area contributed by atoms with Gasteiger partial charge in [-0.3, -0.25) is 14.4 Å². The van der Waals surface area contributed by atoms with Crippen molar-refractivity contribution in [3.63, 3.8) is 0 Å². The van der Waals surface area contributed by atoms with Gasteiger partial charge in [0.15, 0.2) is 25.8 Å². The van der Waals surface area contributed by atoms with Gasteiger partial charge in [0, 0.05) is 32.1 Å². The van der Waals surface area contributed by atoms with Gasteiger partial charge < -0.3 is 33.6 Å². The molecule has 1 heterocycles. The maximum absolute atomic E-state index is 15.3. The Balaban J connectivity index is 1.86. The molecule has 0 amide bonds. The fourth-order valence-electron chi connectivity index (χ4n) is 9.32. The number of ether oxygens (including phenoxy) is 4. The summed E-state index contributed by atoms with van der Waals surface area (Å²) < 4.78 is 31.4. The number of benzene rings is 1. The zero-order valence-electron chi connectivity index (χ0n) is 30.2. The Labute approximate surface area is 289 Å². The molecule has 1 aliphatic heterocycles. The number of hydrogen-bond donors (Lipinski definition) is 2. The lowest BCUT2D eigenvalue weighted by molar-refractivity contribution is -0.345. The average Bonchev–Trinajstić information content (AvgIpc) is 3.05. The number of rotatable bonds is 9. The molecule has 4 aliphatic rings. The van der Waals surface area contributed by atoms with Crippen LogP contribution in [0.2, 0.25) is 18.1 Å². The Hall–Kier alpha value is -2.90. The molecule has 49 heavy (non-hydrogen) atoms. The minimum atomic E-state index is -2.37. The predicted molar refractivity (Wildman–Crippen MR) is 181 cm³/mol. The topological polar surface area (TPSA) is 155 Å². The van der Waals surface area contributed by atoms with Gasteiger partial charge in [0.2, 0.25) is 0 Å². The zero-order valence-corrected chi connectivity index (χ0v) is 31.2. The van der Waals surface area contributed by atoms with Gasteiger partial charge in [-0.15, -0.1) is 0 Å². The van der Waals surface area contributed by atoms with Crippen molar-refractivity contribution in [3.05, 3.63) is 47.0 Å². The second-order valence-electron chi connectivity index (χ2n) is 15.1. The van der Waals surface area contributed by atoms with Crippen molar-refractivity contribution in [1.29, 1.82) is 0 Å². The second kappa shape index (κ2) is 13.0. The van der Waals surface area contributed by atoms with Crippen molar-refractivity contribution in [1.82, 2.24) is 0 Å². The van der Waals surface area contributed by atoms with Crippen molar-refractivity contribution < 1.29 is 52.8 Å². The van der Waals surface area contributed by atoms with E-state index < -0.39 is 90.5 Å². The Morgan fingerprint density at radius 1 is 0.980 bits per heavy atom. The summed E-state index contributed by atoms with van der Waals surface area (Å²) in [5.74, 6) is -4.12. The number of Topliss-reactive ketones (excluding diaryl/α,β-unsaturated/α-hetero) is 1. The van der Waals surface area contributed by atoms with E-state index in [1.54, 1.807) is 44.2 Å². The molecule has 1 saturated heterocycles. The molecule has 270 valence electrons. The van der Waals surface area contributed by atoms with Crippen LogP contribution in [0.1, 0.15) is 85.5 Å². The highest BCUT2D eigenvalue weighted by Crippen LogP contribution is 2.64. The minimum Gasteiger partial charge on any atom is -0.455 e. The van der Waals surface area contributed by atoms with Gasteiger partial charge in [-0.2, -0.15) is 0 Å². The highest BCUT2D eigenvalue weighted by atomic mass is 28.4. The van der Waals surface area contributed by atoms with Gasteiger partial charge in [-0.25, -0.2) is 4.79 Å². The lowest BCUT2D eigenvalue weighted by Crippen LogP contribution is -2.82. The van der Waals surface area contributed by atoms with E-state index in [-0.39, 0.29) is 25.0 Å². The van der Waals surface area contributed by atoms with E-state index in [9.17, 15) is 24.6 Å². The molecule has 2 bridgehead atoms. The van der Waals surface area contributed by atoms with Crippen LogP contribution < -0.4 is 0 Å². The molecule has 9 atom stereocenters. The Morgan fingerprint density at radius 2 is 1.59 bits per heavy atom. The summed E-state index contributed by atoms with van der Waals surface area (Å²) in [5.41, 5.74) is -5.58. The van der Waals surface area contributed by atoms with Gasteiger partial charge in [-0.1, -0.05) is 52.8 Å². The third kappa shape index (κ3) is 5.62. The first-order valence-electron chi connectivity index (χ1n) is 17.5. The Morgan fingerprint density at radius 3 is 2.10 bits per heavy atom. The van der Waals surface area contributed by atoms with Crippen LogP contribution in [0.3, 0.4) is 0 Å². The first-order valence-corrected chi connectivity index (χ1v) is 20.0. The lowest BCUT2D eigenvalue weighted by atomic mass is 9.44. The first kappa shape index (κ1) is 37.4. The van der Waals surface area contributed by atoms with E-state index in [0.29, 0.717) is 11.1 Å². The van der Waals surface area contributed by atoms with Gasteiger partial charge in [0.25, 0.3) is 0 Å². The summed E-state index contributed by atoms with van der Waals surface area (Å²) in [7, 11) is -2.37. The van der Waals surface area contributed by atoms with Crippen molar-refractivity contribution in [2.24, 2.45) is 16.7 Å². The number of hydrogen-bond acceptors (Lipinski definition) is 11. The molecule has 11 nitrogen and oxygen atoms in total. The summed E-state index contributed by atoms with van der Waals surface area (Å²) in [4.78, 5) is 55.0. The molecule has 12 heteroatoms. The van der Waals surface area contributed by atoms with Crippen LogP contribution in [0, 0.1) is 16.7 Å². The SMILES string of the molecule is CC[Si](CC)(CC)OC1CC2(O)C(OC(=O)c3ccccc3)C3C4(OC(C)=O)COC4CC(O)C3(C)C(=O)C(OC(C)=O)C(=C1C)C2(C)C. The highest BCUT2D eigenvalue weighted by Gasteiger charge is 2.78. The average molecular weight is 701 g/mol. The van der Waals surface area contributed by atoms with E-state index in [1.165, 1.54) is 20.8 Å². The minimum absolute atomic E-state index is 0.0395. The number of carbonyl (C=O) groups is 4. The third-order valence-electron chi connectivity index (χ3n) is 12.5. The van der Waals surface area contributed by atoms with E-state index in [1.807, 2.05) is 6.92 Å². The molecular weight excluding hydrogens is 648 g/mol. The van der Waals surface area contributed by atoms with Crippen molar-refractivity contribution in [2.75, 3.05) is 6.61 Å². The van der Waals surface area contributed by atoms with Crippen LogP contribution in [0.4, 0.5) is 0 Å². The highest BCUT2D eigenvalue weighted by molar-refractivity contribution is 6.73. The predicted octanol–water partition coefficient (Wildman–Crippen LogP) is 4.68. The fourth-order valence-corrected chi connectivity index (χ4v) is 12.2. The fraction of sp³-hybridized carbons (Fsp3) is 0.676. The van der Waals surface area contributed by atoms with Crippen LogP contribution in [0.5, 0.6) is 0 Å². The quantitative estimate of drug-likeness (QED) is 0.160. The molecule has 1 aromatic rings. The molecule has 2 saturated carbocycles. The molecule has 0 radical (unpaired) electrons. The summed E-state index contributed by atoms with van der Waals surface area (Å²) in [6.45, 7) is 15.4. The second-order valence-corrected chi connectivity index (χ2v) is 19.8. The summed E-state index contributed by atoms with van der Waals surface area (Å²) in [6, 6.07) is 10.7. The van der Waals surface area contributed by atoms with Crippen LogP contribution in [-0.4, -0.2) is 90.6 Å². The zero-order chi connectivity index (χ0) is 36.3. The van der Waals surface area contributed by atoms with E-state index in [0.717, 1.165) is 18.1 Å². The standard InChI is InChI=1S/C37H52O11Si/c1-10-49(11-2,12-3)48-25-19-37(43)32(46-33(42)24-16-14-13-15-17-24)30-35(9,26(40)18-27-36(30,20-44-27)47-23(6)39)31(41)29(45-22(5)38)28(21(25)4)34(37,7)8/h13-17,25-27,29-30,32,40,43H,10-12,18-20H2,1-9H3. The number of esters is 3. The number of aliphatic hydroxyl groups is 2. The molecule has 9 unspecified atom stereocenters. The van der Waals surface area contributed by atoms with Gasteiger partial charge >= 0.3 is 17.9 Å². The van der Waals surface area contributed by atoms with Crippen LogP contribution in [0.15, 0.2) is 41.5 Å². The summed E-state index contributed by atoms with van der Waals surface area (Å²) in [6.07, 6.45) is -6.16. The number of fused-ring (bicyclic) bond motifs is 5. The monoisotopic (exact) mass is 700 g/mol. The van der Waals surface area contributed by atoms with E-state index in [4.69, 9.17) is 23.4 Å². The van der Waals surface area contributed by atoms with E-state index in [2.05, 4.69) is 20.8 Å². The first-order chi connectivity index (χ1) is 22.9. The van der Waals surface area contributed by atoms with Crippen LogP contribution >= 0.6 is 0 Å². The molecule has 0 spiro atoms. The molecule has 0 aromatic heterocycles. The van der Waals surface area contributed by atoms with Crippen LogP contribution in [-0.2, 0) is 37.8 Å². The largest absolute Gasteiger partial charge is 0.455 e. The van der Waals surface area contributed by atoms with Gasteiger partial charge in [0.1, 0.15) is 17.8 Å².